The number of benzene rings is 1. The third kappa shape index (κ3) is 6.18. The second-order valence-electron chi connectivity index (χ2n) is 10.7. The summed E-state index contributed by atoms with van der Waals surface area (Å²) in [6.45, 7) is 14.6. The Morgan fingerprint density at radius 2 is 1.83 bits per heavy atom. The van der Waals surface area contributed by atoms with E-state index in [1.165, 1.54) is 5.56 Å². The van der Waals surface area contributed by atoms with Crippen LogP contribution in [-0.4, -0.2) is 29.7 Å². The van der Waals surface area contributed by atoms with E-state index in [1.807, 2.05) is 26.8 Å². The minimum Gasteiger partial charge on any atom is -0.356 e. The van der Waals surface area contributed by atoms with Crippen molar-refractivity contribution >= 4 is 5.91 Å². The zero-order chi connectivity index (χ0) is 21.9. The normalized spacial score (nSPS) is 20.2. The molecule has 0 spiro atoms. The van der Waals surface area contributed by atoms with Crippen molar-refractivity contribution in [3.63, 3.8) is 0 Å². The number of carbonyl (C=O) groups excluding carboxylic acids is 1. The van der Waals surface area contributed by atoms with E-state index in [0.29, 0.717) is 18.3 Å². The Hall–Kier alpha value is -2.14. The molecule has 0 bridgehead atoms. The minimum absolute atomic E-state index is 0.132. The Morgan fingerprint density at radius 3 is 2.47 bits per heavy atom. The maximum atomic E-state index is 12.4. The average molecular weight is 412 g/mol. The molecule has 2 N–H and O–H groups in total. The number of rotatable bonds is 5. The highest BCUT2D eigenvalue weighted by Crippen LogP contribution is 2.29. The van der Waals surface area contributed by atoms with Crippen molar-refractivity contribution < 1.29 is 9.32 Å². The zero-order valence-electron chi connectivity index (χ0n) is 19.3. The first kappa shape index (κ1) is 22.5. The highest BCUT2D eigenvalue weighted by atomic mass is 16.5. The fourth-order valence-corrected chi connectivity index (χ4v) is 4.14. The van der Waals surface area contributed by atoms with Crippen LogP contribution >= 0.6 is 0 Å². The standard InChI is InChI=1S/C25H37N3O2/c1-24(2,3)20-9-7-17(8-10-20)22-15-21(28-30-22)13-19-16-26-12-11-18(19)14-23(29)27-25(4,5)6/h7-10,15,18-19,26H,11-14,16H2,1-6H3,(H,27,29)/t18-,19-/m0/s1. The molecule has 1 aliphatic rings. The number of hydrogen-bond acceptors (Lipinski definition) is 4. The molecule has 0 radical (unpaired) electrons. The minimum atomic E-state index is -0.191. The van der Waals surface area contributed by atoms with Gasteiger partial charge in [-0.3, -0.25) is 4.79 Å². The summed E-state index contributed by atoms with van der Waals surface area (Å²) in [4.78, 5) is 12.4. The van der Waals surface area contributed by atoms with Crippen LogP contribution in [0.2, 0.25) is 0 Å². The molecule has 0 unspecified atom stereocenters. The largest absolute Gasteiger partial charge is 0.356 e. The molecule has 1 aliphatic heterocycles. The van der Waals surface area contributed by atoms with Gasteiger partial charge in [0.25, 0.3) is 0 Å². The Kier molecular flexibility index (Phi) is 6.71. The molecule has 5 heteroatoms. The van der Waals surface area contributed by atoms with Gasteiger partial charge < -0.3 is 15.2 Å². The van der Waals surface area contributed by atoms with E-state index in [4.69, 9.17) is 4.52 Å². The molecule has 0 aliphatic carbocycles. The number of piperidine rings is 1. The maximum absolute atomic E-state index is 12.4. The summed E-state index contributed by atoms with van der Waals surface area (Å²) >= 11 is 0. The van der Waals surface area contributed by atoms with Crippen molar-refractivity contribution in [1.29, 1.82) is 0 Å². The fourth-order valence-electron chi connectivity index (χ4n) is 4.14. The van der Waals surface area contributed by atoms with Crippen molar-refractivity contribution in [2.75, 3.05) is 13.1 Å². The van der Waals surface area contributed by atoms with Gasteiger partial charge in [-0.2, -0.15) is 0 Å². The van der Waals surface area contributed by atoms with Gasteiger partial charge in [-0.15, -0.1) is 0 Å². The second-order valence-corrected chi connectivity index (χ2v) is 10.7. The van der Waals surface area contributed by atoms with E-state index in [1.54, 1.807) is 0 Å². The molecule has 1 fully saturated rings. The zero-order valence-corrected chi connectivity index (χ0v) is 19.3. The van der Waals surface area contributed by atoms with E-state index in [-0.39, 0.29) is 16.9 Å². The molecular weight excluding hydrogens is 374 g/mol. The Balaban J connectivity index is 1.65. The molecule has 1 aromatic heterocycles. The summed E-state index contributed by atoms with van der Waals surface area (Å²) in [6, 6.07) is 10.6. The lowest BCUT2D eigenvalue weighted by molar-refractivity contribution is -0.124. The van der Waals surface area contributed by atoms with Crippen molar-refractivity contribution in [2.45, 2.75) is 71.8 Å². The molecule has 1 amide bonds. The number of nitrogens with one attached hydrogen (secondary N) is 2. The van der Waals surface area contributed by atoms with Crippen LogP contribution in [-0.2, 0) is 16.6 Å². The average Bonchev–Trinajstić information content (AvgIpc) is 3.10. The van der Waals surface area contributed by atoms with Gasteiger partial charge in [-0.05, 0) is 69.5 Å². The molecule has 5 nitrogen and oxygen atoms in total. The van der Waals surface area contributed by atoms with Crippen molar-refractivity contribution in [3.8, 4) is 11.3 Å². The molecule has 0 saturated carbocycles. The monoisotopic (exact) mass is 411 g/mol. The van der Waals surface area contributed by atoms with Gasteiger partial charge in [-0.1, -0.05) is 50.2 Å². The number of aromatic nitrogens is 1. The summed E-state index contributed by atoms with van der Waals surface area (Å²) in [7, 11) is 0. The van der Waals surface area contributed by atoms with Gasteiger partial charge >= 0.3 is 0 Å². The van der Waals surface area contributed by atoms with Crippen LogP contribution in [0.1, 0.15) is 65.6 Å². The van der Waals surface area contributed by atoms with Crippen molar-refractivity contribution in [2.24, 2.45) is 11.8 Å². The Morgan fingerprint density at radius 1 is 1.13 bits per heavy atom. The molecule has 164 valence electrons. The highest BCUT2D eigenvalue weighted by molar-refractivity contribution is 5.77. The lowest BCUT2D eigenvalue weighted by Gasteiger charge is -2.32. The smallest absolute Gasteiger partial charge is 0.220 e. The van der Waals surface area contributed by atoms with E-state index in [0.717, 1.165) is 42.9 Å². The summed E-state index contributed by atoms with van der Waals surface area (Å²) in [5.41, 5.74) is 3.25. The Labute approximate surface area is 181 Å². The molecule has 2 aromatic rings. The first-order valence-corrected chi connectivity index (χ1v) is 11.1. The predicted octanol–water partition coefficient (Wildman–Crippen LogP) is 4.71. The molecule has 1 aromatic carbocycles. The Bertz CT molecular complexity index is 841. The van der Waals surface area contributed by atoms with Gasteiger partial charge in [0.1, 0.15) is 0 Å². The molecule has 3 rings (SSSR count). The summed E-state index contributed by atoms with van der Waals surface area (Å²) in [5, 5.41) is 10.9. The molecule has 1 saturated heterocycles. The van der Waals surface area contributed by atoms with Crippen LogP contribution in [0.15, 0.2) is 34.9 Å². The van der Waals surface area contributed by atoms with Crippen LogP contribution in [0.4, 0.5) is 0 Å². The fraction of sp³-hybridized carbons (Fsp3) is 0.600. The van der Waals surface area contributed by atoms with Gasteiger partial charge in [0, 0.05) is 23.6 Å². The number of nitrogens with zero attached hydrogens (tertiary/aromatic N) is 1. The lowest BCUT2D eigenvalue weighted by atomic mass is 9.81. The first-order chi connectivity index (χ1) is 14.0. The van der Waals surface area contributed by atoms with Crippen molar-refractivity contribution in [3.05, 3.63) is 41.6 Å². The first-order valence-electron chi connectivity index (χ1n) is 11.1. The van der Waals surface area contributed by atoms with E-state index < -0.39 is 0 Å². The van der Waals surface area contributed by atoms with E-state index in [2.05, 4.69) is 60.8 Å². The number of hydrogen-bond donors (Lipinski definition) is 2. The van der Waals surface area contributed by atoms with Gasteiger partial charge in [0.15, 0.2) is 5.76 Å². The SMILES string of the molecule is CC(C)(C)NC(=O)C[C@@H]1CCNC[C@@H]1Cc1cc(-c2ccc(C(C)(C)C)cc2)on1. The second kappa shape index (κ2) is 8.93. The maximum Gasteiger partial charge on any atom is 0.220 e. The van der Waals surface area contributed by atoms with E-state index in [9.17, 15) is 4.79 Å². The summed E-state index contributed by atoms with van der Waals surface area (Å²) in [6.07, 6.45) is 2.41. The third-order valence-corrected chi connectivity index (χ3v) is 5.79. The van der Waals surface area contributed by atoms with Gasteiger partial charge in [0.2, 0.25) is 5.91 Å². The lowest BCUT2D eigenvalue weighted by Crippen LogP contribution is -2.44. The number of amides is 1. The van der Waals surface area contributed by atoms with Gasteiger partial charge in [-0.25, -0.2) is 0 Å². The van der Waals surface area contributed by atoms with Crippen LogP contribution in [0.5, 0.6) is 0 Å². The quantitative estimate of drug-likeness (QED) is 0.748. The van der Waals surface area contributed by atoms with Gasteiger partial charge in [0.05, 0.1) is 5.69 Å². The van der Waals surface area contributed by atoms with Crippen LogP contribution in [0, 0.1) is 11.8 Å². The van der Waals surface area contributed by atoms with Crippen LogP contribution in [0.25, 0.3) is 11.3 Å². The van der Waals surface area contributed by atoms with Crippen molar-refractivity contribution in [1.82, 2.24) is 15.8 Å². The summed E-state index contributed by atoms with van der Waals surface area (Å²) in [5.74, 6) is 1.68. The highest BCUT2D eigenvalue weighted by Gasteiger charge is 2.29. The number of carbonyl (C=O) groups is 1. The third-order valence-electron chi connectivity index (χ3n) is 5.79. The molecule has 2 atom stereocenters. The topological polar surface area (TPSA) is 67.2 Å². The molecule has 30 heavy (non-hydrogen) atoms. The molecule has 2 heterocycles. The van der Waals surface area contributed by atoms with Crippen LogP contribution in [0.3, 0.4) is 0 Å². The van der Waals surface area contributed by atoms with Crippen LogP contribution < -0.4 is 10.6 Å². The predicted molar refractivity (Wildman–Crippen MR) is 121 cm³/mol. The van der Waals surface area contributed by atoms with E-state index >= 15 is 0 Å². The molecular formula is C25H37N3O2. The summed E-state index contributed by atoms with van der Waals surface area (Å²) < 4.78 is 5.65.